The summed E-state index contributed by atoms with van der Waals surface area (Å²) in [7, 11) is 0. The Hall–Kier alpha value is -0.290. The van der Waals surface area contributed by atoms with Gasteiger partial charge in [0.25, 0.3) is 0 Å². The van der Waals surface area contributed by atoms with Crippen LogP contribution < -0.4 is 5.32 Å². The monoisotopic (exact) mass is 199 g/mol. The maximum Gasteiger partial charge on any atom is 0.411 e. The SMILES string of the molecule is CCC(C)NCCOCC(F)(F)F. The third-order valence-electron chi connectivity index (χ3n) is 1.62. The molecule has 0 rings (SSSR count). The summed E-state index contributed by atoms with van der Waals surface area (Å²) < 4.78 is 39.1. The Balaban J connectivity index is 3.18. The van der Waals surface area contributed by atoms with Crippen molar-refractivity contribution >= 4 is 0 Å². The van der Waals surface area contributed by atoms with Crippen molar-refractivity contribution in [3.63, 3.8) is 0 Å². The first-order valence-electron chi connectivity index (χ1n) is 4.33. The van der Waals surface area contributed by atoms with E-state index in [-0.39, 0.29) is 6.61 Å². The van der Waals surface area contributed by atoms with Crippen LogP contribution in [0.5, 0.6) is 0 Å². The second-order valence-corrected chi connectivity index (χ2v) is 2.93. The number of hydrogen-bond acceptors (Lipinski definition) is 2. The summed E-state index contributed by atoms with van der Waals surface area (Å²) in [5.74, 6) is 0. The van der Waals surface area contributed by atoms with Gasteiger partial charge in [-0.1, -0.05) is 6.92 Å². The van der Waals surface area contributed by atoms with Crippen LogP contribution in [0.1, 0.15) is 20.3 Å². The number of hydrogen-bond donors (Lipinski definition) is 1. The second-order valence-electron chi connectivity index (χ2n) is 2.93. The molecular weight excluding hydrogens is 183 g/mol. The van der Waals surface area contributed by atoms with Crippen molar-refractivity contribution in [2.24, 2.45) is 0 Å². The van der Waals surface area contributed by atoms with E-state index >= 15 is 0 Å². The Morgan fingerprint density at radius 3 is 2.46 bits per heavy atom. The quantitative estimate of drug-likeness (QED) is 0.660. The van der Waals surface area contributed by atoms with Gasteiger partial charge >= 0.3 is 6.18 Å². The van der Waals surface area contributed by atoms with Gasteiger partial charge in [0.2, 0.25) is 0 Å². The molecule has 0 heterocycles. The molecule has 0 aromatic rings. The molecule has 0 aliphatic rings. The molecule has 0 radical (unpaired) electrons. The summed E-state index contributed by atoms with van der Waals surface area (Å²) in [6.45, 7) is 3.39. The fourth-order valence-electron chi connectivity index (χ4n) is 0.710. The minimum absolute atomic E-state index is 0.101. The molecule has 0 aromatic carbocycles. The van der Waals surface area contributed by atoms with E-state index in [2.05, 4.69) is 10.1 Å². The maximum atomic E-state index is 11.6. The standard InChI is InChI=1S/C8H16F3NO/c1-3-7(2)12-4-5-13-6-8(9,10)11/h7,12H,3-6H2,1-2H3. The minimum Gasteiger partial charge on any atom is -0.371 e. The Bertz CT molecular complexity index is 127. The smallest absolute Gasteiger partial charge is 0.371 e. The molecule has 0 fully saturated rings. The fourth-order valence-corrected chi connectivity index (χ4v) is 0.710. The van der Waals surface area contributed by atoms with Crippen LogP contribution in [0.3, 0.4) is 0 Å². The van der Waals surface area contributed by atoms with Crippen molar-refractivity contribution < 1.29 is 17.9 Å². The topological polar surface area (TPSA) is 21.3 Å². The van der Waals surface area contributed by atoms with E-state index in [4.69, 9.17) is 0 Å². The highest BCUT2D eigenvalue weighted by atomic mass is 19.4. The van der Waals surface area contributed by atoms with E-state index in [1.807, 2.05) is 13.8 Å². The molecule has 0 saturated heterocycles. The van der Waals surface area contributed by atoms with Crippen LogP contribution in [-0.4, -0.2) is 32.0 Å². The Kier molecular flexibility index (Phi) is 6.07. The molecule has 0 spiro atoms. The predicted molar refractivity (Wildman–Crippen MR) is 44.6 cm³/mol. The summed E-state index contributed by atoms with van der Waals surface area (Å²) in [4.78, 5) is 0. The third-order valence-corrected chi connectivity index (χ3v) is 1.62. The normalized spacial score (nSPS) is 14.5. The van der Waals surface area contributed by atoms with Crippen molar-refractivity contribution in [3.8, 4) is 0 Å². The summed E-state index contributed by atoms with van der Waals surface area (Å²) in [6.07, 6.45) is -3.25. The zero-order valence-electron chi connectivity index (χ0n) is 7.95. The molecule has 0 aliphatic carbocycles. The van der Waals surface area contributed by atoms with Crippen LogP contribution in [0.15, 0.2) is 0 Å². The molecule has 5 heteroatoms. The highest BCUT2D eigenvalue weighted by Crippen LogP contribution is 2.13. The Morgan fingerprint density at radius 1 is 1.38 bits per heavy atom. The largest absolute Gasteiger partial charge is 0.411 e. The Labute approximate surface area is 76.5 Å². The molecule has 1 N–H and O–H groups in total. The minimum atomic E-state index is -4.21. The van der Waals surface area contributed by atoms with Gasteiger partial charge in [0.15, 0.2) is 0 Å². The number of rotatable bonds is 6. The van der Waals surface area contributed by atoms with Gasteiger partial charge in [-0.3, -0.25) is 0 Å². The molecule has 1 atom stereocenters. The summed E-state index contributed by atoms with van der Waals surface area (Å²) in [5.41, 5.74) is 0. The second kappa shape index (κ2) is 6.21. The van der Waals surface area contributed by atoms with Crippen LogP contribution >= 0.6 is 0 Å². The number of alkyl halides is 3. The highest BCUT2D eigenvalue weighted by molar-refractivity contribution is 4.56. The van der Waals surface area contributed by atoms with E-state index < -0.39 is 12.8 Å². The van der Waals surface area contributed by atoms with E-state index in [1.165, 1.54) is 0 Å². The lowest BCUT2D eigenvalue weighted by molar-refractivity contribution is -0.173. The van der Waals surface area contributed by atoms with Crippen LogP contribution in [0, 0.1) is 0 Å². The first-order valence-corrected chi connectivity index (χ1v) is 4.33. The highest BCUT2D eigenvalue weighted by Gasteiger charge is 2.27. The molecule has 13 heavy (non-hydrogen) atoms. The van der Waals surface area contributed by atoms with E-state index in [0.29, 0.717) is 12.6 Å². The first kappa shape index (κ1) is 12.7. The van der Waals surface area contributed by atoms with Crippen molar-refractivity contribution in [3.05, 3.63) is 0 Å². The number of nitrogens with one attached hydrogen (secondary N) is 1. The lowest BCUT2D eigenvalue weighted by Crippen LogP contribution is -2.30. The van der Waals surface area contributed by atoms with Gasteiger partial charge in [-0.2, -0.15) is 13.2 Å². The first-order chi connectivity index (χ1) is 5.95. The molecular formula is C8H16F3NO. The van der Waals surface area contributed by atoms with Gasteiger partial charge in [0.05, 0.1) is 6.61 Å². The van der Waals surface area contributed by atoms with Crippen molar-refractivity contribution in [1.29, 1.82) is 0 Å². The summed E-state index contributed by atoms with van der Waals surface area (Å²) in [5, 5.41) is 3.03. The van der Waals surface area contributed by atoms with Gasteiger partial charge < -0.3 is 10.1 Å². The average Bonchev–Trinajstić information content (AvgIpc) is 2.01. The van der Waals surface area contributed by atoms with Crippen molar-refractivity contribution in [2.45, 2.75) is 32.5 Å². The predicted octanol–water partition coefficient (Wildman–Crippen LogP) is 1.95. The van der Waals surface area contributed by atoms with E-state index in [0.717, 1.165) is 6.42 Å². The molecule has 80 valence electrons. The number of ether oxygens (including phenoxy) is 1. The van der Waals surface area contributed by atoms with Gasteiger partial charge in [-0.25, -0.2) is 0 Å². The fraction of sp³-hybridized carbons (Fsp3) is 1.00. The van der Waals surface area contributed by atoms with Crippen LogP contribution in [0.2, 0.25) is 0 Å². The molecule has 1 unspecified atom stereocenters. The average molecular weight is 199 g/mol. The molecule has 2 nitrogen and oxygen atoms in total. The van der Waals surface area contributed by atoms with E-state index in [1.54, 1.807) is 0 Å². The maximum absolute atomic E-state index is 11.6. The lowest BCUT2D eigenvalue weighted by atomic mass is 10.3. The number of halogens is 3. The van der Waals surface area contributed by atoms with Crippen molar-refractivity contribution in [1.82, 2.24) is 5.32 Å². The zero-order chi connectivity index (χ0) is 10.3. The summed E-state index contributed by atoms with van der Waals surface area (Å²) >= 11 is 0. The molecule has 0 aliphatic heterocycles. The van der Waals surface area contributed by atoms with Gasteiger partial charge in [0.1, 0.15) is 6.61 Å². The van der Waals surface area contributed by atoms with Gasteiger partial charge in [-0.05, 0) is 13.3 Å². The lowest BCUT2D eigenvalue weighted by Gasteiger charge is -2.11. The van der Waals surface area contributed by atoms with Gasteiger partial charge in [-0.15, -0.1) is 0 Å². The zero-order valence-corrected chi connectivity index (χ0v) is 7.95. The molecule has 0 aromatic heterocycles. The summed E-state index contributed by atoms with van der Waals surface area (Å²) in [6, 6.07) is 0.328. The third kappa shape index (κ3) is 9.63. The van der Waals surface area contributed by atoms with Crippen molar-refractivity contribution in [2.75, 3.05) is 19.8 Å². The van der Waals surface area contributed by atoms with Crippen LogP contribution in [0.4, 0.5) is 13.2 Å². The molecule has 0 bridgehead atoms. The van der Waals surface area contributed by atoms with Gasteiger partial charge in [0, 0.05) is 12.6 Å². The van der Waals surface area contributed by atoms with Crippen LogP contribution in [-0.2, 0) is 4.74 Å². The van der Waals surface area contributed by atoms with Crippen LogP contribution in [0.25, 0.3) is 0 Å². The molecule has 0 saturated carbocycles. The molecule has 0 amide bonds. The Morgan fingerprint density at radius 2 is 2.00 bits per heavy atom. The van der Waals surface area contributed by atoms with E-state index in [9.17, 15) is 13.2 Å².